The first-order valence-electron chi connectivity index (χ1n) is 7.76. The fraction of sp³-hybridized carbons (Fsp3) is 0.471. The lowest BCUT2D eigenvalue weighted by atomic mass is 10.2. The average Bonchev–Trinajstić information content (AvgIpc) is 2.50. The smallest absolute Gasteiger partial charge is 0.264 e. The van der Waals surface area contributed by atoms with E-state index in [0.717, 1.165) is 0 Å². The van der Waals surface area contributed by atoms with E-state index in [1.165, 1.54) is 6.08 Å². The molecule has 0 saturated heterocycles. The molecule has 0 bridgehead atoms. The standard InChI is InChI=1S/C17H21Cl4NO4/c1-5-23-15(22-26-17(2,3)4)10-25-16-12(18)8-11(9-13(16)19)24-7-6-14(20)21/h6,8-9H,5,7,10H2,1-4H3. The summed E-state index contributed by atoms with van der Waals surface area (Å²) in [5, 5.41) is 4.52. The highest BCUT2D eigenvalue weighted by Crippen LogP contribution is 2.37. The molecule has 1 aromatic rings. The number of hydrogen-bond acceptors (Lipinski definition) is 5. The third-order valence-electron chi connectivity index (χ3n) is 2.53. The maximum Gasteiger partial charge on any atom is 0.264 e. The Labute approximate surface area is 173 Å². The van der Waals surface area contributed by atoms with E-state index in [1.54, 1.807) is 12.1 Å². The molecule has 0 radical (unpaired) electrons. The second-order valence-electron chi connectivity index (χ2n) is 5.93. The monoisotopic (exact) mass is 443 g/mol. The number of nitrogens with zero attached hydrogens (tertiary/aromatic N) is 1. The largest absolute Gasteiger partial charge is 0.489 e. The van der Waals surface area contributed by atoms with Crippen molar-refractivity contribution >= 4 is 52.3 Å². The van der Waals surface area contributed by atoms with Crippen LogP contribution in [0.2, 0.25) is 10.0 Å². The van der Waals surface area contributed by atoms with Crippen molar-refractivity contribution in [2.45, 2.75) is 33.3 Å². The van der Waals surface area contributed by atoms with Gasteiger partial charge >= 0.3 is 0 Å². The lowest BCUT2D eigenvalue weighted by molar-refractivity contribution is -0.00491. The zero-order valence-electron chi connectivity index (χ0n) is 14.9. The summed E-state index contributed by atoms with van der Waals surface area (Å²) in [5.41, 5.74) is -0.447. The van der Waals surface area contributed by atoms with E-state index in [2.05, 4.69) is 5.16 Å². The summed E-state index contributed by atoms with van der Waals surface area (Å²) in [4.78, 5) is 5.35. The number of rotatable bonds is 8. The SMILES string of the molecule is CCOC(COc1c(Cl)cc(OCC=C(Cl)Cl)cc1Cl)=NOC(C)(C)C. The fourth-order valence-electron chi connectivity index (χ4n) is 1.54. The molecule has 0 atom stereocenters. The van der Waals surface area contributed by atoms with E-state index < -0.39 is 5.60 Å². The van der Waals surface area contributed by atoms with Crippen molar-refractivity contribution in [1.82, 2.24) is 0 Å². The molecule has 26 heavy (non-hydrogen) atoms. The van der Waals surface area contributed by atoms with E-state index in [1.807, 2.05) is 27.7 Å². The van der Waals surface area contributed by atoms with Crippen LogP contribution >= 0.6 is 46.4 Å². The summed E-state index contributed by atoms with van der Waals surface area (Å²) in [7, 11) is 0. The highest BCUT2D eigenvalue weighted by atomic mass is 35.5. The van der Waals surface area contributed by atoms with E-state index in [9.17, 15) is 0 Å². The molecule has 1 aromatic carbocycles. The number of benzene rings is 1. The Morgan fingerprint density at radius 1 is 1.12 bits per heavy atom. The van der Waals surface area contributed by atoms with E-state index in [0.29, 0.717) is 12.4 Å². The summed E-state index contributed by atoms with van der Waals surface area (Å²) in [6.07, 6.45) is 1.50. The minimum absolute atomic E-state index is 0.00809. The molecule has 0 fully saturated rings. The molecule has 0 unspecified atom stereocenters. The second-order valence-corrected chi connectivity index (χ2v) is 7.75. The molecule has 0 aliphatic heterocycles. The molecule has 0 heterocycles. The van der Waals surface area contributed by atoms with Crippen molar-refractivity contribution in [2.75, 3.05) is 19.8 Å². The third kappa shape index (κ3) is 9.08. The maximum atomic E-state index is 6.22. The first-order chi connectivity index (χ1) is 12.1. The summed E-state index contributed by atoms with van der Waals surface area (Å²) in [6, 6.07) is 3.14. The normalized spacial score (nSPS) is 11.8. The van der Waals surface area contributed by atoms with Crippen LogP contribution in [-0.4, -0.2) is 31.3 Å². The fourth-order valence-corrected chi connectivity index (χ4v) is 2.24. The molecule has 0 aromatic heterocycles. The Bertz CT molecular complexity index is 630. The van der Waals surface area contributed by atoms with Gasteiger partial charge in [0.15, 0.2) is 12.4 Å². The highest BCUT2D eigenvalue weighted by molar-refractivity contribution is 6.55. The molecular formula is C17H21Cl4NO4. The van der Waals surface area contributed by atoms with Gasteiger partial charge in [-0.25, -0.2) is 0 Å². The number of ether oxygens (including phenoxy) is 3. The predicted octanol–water partition coefficient (Wildman–Crippen LogP) is 6.24. The summed E-state index contributed by atoms with van der Waals surface area (Å²) < 4.78 is 16.6. The van der Waals surface area contributed by atoms with Crippen LogP contribution in [-0.2, 0) is 9.57 Å². The van der Waals surface area contributed by atoms with Crippen molar-refractivity contribution in [3.63, 3.8) is 0 Å². The van der Waals surface area contributed by atoms with Gasteiger partial charge in [-0.3, -0.25) is 0 Å². The maximum absolute atomic E-state index is 6.22. The zero-order chi connectivity index (χ0) is 19.7. The molecule has 0 spiro atoms. The van der Waals surface area contributed by atoms with Crippen LogP contribution in [0.4, 0.5) is 0 Å². The Hall–Kier alpha value is -1.01. The van der Waals surface area contributed by atoms with Gasteiger partial charge in [-0.1, -0.05) is 46.4 Å². The molecule has 146 valence electrons. The van der Waals surface area contributed by atoms with Gasteiger partial charge < -0.3 is 19.0 Å². The van der Waals surface area contributed by atoms with Crippen molar-refractivity contribution in [1.29, 1.82) is 0 Å². The molecule has 9 heteroatoms. The Morgan fingerprint density at radius 2 is 1.73 bits per heavy atom. The van der Waals surface area contributed by atoms with Crippen LogP contribution in [0.15, 0.2) is 27.9 Å². The minimum Gasteiger partial charge on any atom is -0.489 e. The van der Waals surface area contributed by atoms with Crippen LogP contribution in [0.25, 0.3) is 0 Å². The first-order valence-corrected chi connectivity index (χ1v) is 9.27. The molecule has 0 aliphatic rings. The number of hydrogen-bond donors (Lipinski definition) is 0. The van der Waals surface area contributed by atoms with Gasteiger partial charge in [-0.2, -0.15) is 0 Å². The van der Waals surface area contributed by atoms with Gasteiger partial charge in [0.05, 0.1) is 16.7 Å². The molecule has 0 N–H and O–H groups in total. The first kappa shape index (κ1) is 23.0. The number of halogens is 4. The molecule has 0 aliphatic carbocycles. The van der Waals surface area contributed by atoms with E-state index >= 15 is 0 Å². The Morgan fingerprint density at radius 3 is 2.23 bits per heavy atom. The highest BCUT2D eigenvalue weighted by Gasteiger charge is 2.15. The van der Waals surface area contributed by atoms with E-state index in [4.69, 9.17) is 65.5 Å². The Balaban J connectivity index is 2.80. The van der Waals surface area contributed by atoms with Crippen LogP contribution < -0.4 is 9.47 Å². The lowest BCUT2D eigenvalue weighted by Gasteiger charge is -2.17. The summed E-state index contributed by atoms with van der Waals surface area (Å²) >= 11 is 23.5. The summed E-state index contributed by atoms with van der Waals surface area (Å²) in [5.74, 6) is 1.01. The van der Waals surface area contributed by atoms with Gasteiger partial charge in [-0.15, -0.1) is 0 Å². The summed E-state index contributed by atoms with van der Waals surface area (Å²) in [6.45, 7) is 8.06. The lowest BCUT2D eigenvalue weighted by Crippen LogP contribution is -2.21. The zero-order valence-corrected chi connectivity index (χ0v) is 18.0. The van der Waals surface area contributed by atoms with Crippen molar-refractivity contribution in [3.05, 3.63) is 32.7 Å². The van der Waals surface area contributed by atoms with Gasteiger partial charge in [0.2, 0.25) is 0 Å². The predicted molar refractivity (Wildman–Crippen MR) is 107 cm³/mol. The van der Waals surface area contributed by atoms with Gasteiger partial charge in [-0.05, 0) is 38.9 Å². The molecular weight excluding hydrogens is 424 g/mol. The second kappa shape index (κ2) is 11.0. The van der Waals surface area contributed by atoms with E-state index in [-0.39, 0.29) is 39.4 Å². The topological polar surface area (TPSA) is 49.3 Å². The Kier molecular flexibility index (Phi) is 9.72. The third-order valence-corrected chi connectivity index (χ3v) is 3.40. The molecule has 1 rings (SSSR count). The van der Waals surface area contributed by atoms with Gasteiger partial charge in [0.25, 0.3) is 5.90 Å². The van der Waals surface area contributed by atoms with Crippen LogP contribution in [0.1, 0.15) is 27.7 Å². The quantitative estimate of drug-likeness (QED) is 0.270. The van der Waals surface area contributed by atoms with Crippen LogP contribution in [0, 0.1) is 0 Å². The molecule has 5 nitrogen and oxygen atoms in total. The van der Waals surface area contributed by atoms with Crippen LogP contribution in [0.3, 0.4) is 0 Å². The minimum atomic E-state index is -0.447. The van der Waals surface area contributed by atoms with Crippen molar-refractivity contribution in [2.24, 2.45) is 5.16 Å². The molecule has 0 amide bonds. The van der Waals surface area contributed by atoms with Gasteiger partial charge in [0, 0.05) is 12.1 Å². The van der Waals surface area contributed by atoms with Crippen LogP contribution in [0.5, 0.6) is 11.5 Å². The van der Waals surface area contributed by atoms with Crippen molar-refractivity contribution in [3.8, 4) is 11.5 Å². The number of oxime groups is 1. The van der Waals surface area contributed by atoms with Crippen molar-refractivity contribution < 1.29 is 19.0 Å². The molecule has 0 saturated carbocycles. The average molecular weight is 445 g/mol. The van der Waals surface area contributed by atoms with Gasteiger partial charge in [0.1, 0.15) is 22.4 Å².